The molecule has 0 aliphatic rings. The van der Waals surface area contributed by atoms with Gasteiger partial charge in [0.15, 0.2) is 9.84 Å². The molecule has 0 aliphatic heterocycles. The number of sulfone groups is 1. The zero-order valence-electron chi connectivity index (χ0n) is 10.9. The number of hydrogen-bond donors (Lipinski definition) is 0. The van der Waals surface area contributed by atoms with E-state index in [0.717, 1.165) is 21.9 Å². The summed E-state index contributed by atoms with van der Waals surface area (Å²) in [5.41, 5.74) is 1.53. The summed E-state index contributed by atoms with van der Waals surface area (Å²) in [5.74, 6) is 0. The highest BCUT2D eigenvalue weighted by Gasteiger charge is 2.00. The van der Waals surface area contributed by atoms with Crippen LogP contribution < -0.4 is 0 Å². The third-order valence-corrected chi connectivity index (χ3v) is 4.18. The second-order valence-electron chi connectivity index (χ2n) is 4.30. The van der Waals surface area contributed by atoms with Gasteiger partial charge in [0.2, 0.25) is 0 Å². The van der Waals surface area contributed by atoms with Gasteiger partial charge in [0.05, 0.1) is 0 Å². The molecule has 21 heavy (non-hydrogen) atoms. The zero-order valence-corrected chi connectivity index (χ0v) is 13.2. The Morgan fingerprint density at radius 2 is 1.00 bits per heavy atom. The monoisotopic (exact) mass is 338 g/mol. The van der Waals surface area contributed by atoms with Gasteiger partial charge in [0, 0.05) is 20.9 Å². The molecule has 2 rings (SSSR count). The van der Waals surface area contributed by atoms with Gasteiger partial charge in [-0.05, 0) is 47.5 Å². The Hall–Kier alpha value is -1.55. The van der Waals surface area contributed by atoms with Gasteiger partial charge < -0.3 is 0 Å². The van der Waals surface area contributed by atoms with Gasteiger partial charge in [-0.2, -0.15) is 0 Å². The number of halogens is 2. The van der Waals surface area contributed by atoms with E-state index in [0.29, 0.717) is 10.0 Å². The van der Waals surface area contributed by atoms with Crippen LogP contribution in [0.15, 0.2) is 59.3 Å². The zero-order chi connectivity index (χ0) is 15.3. The van der Waals surface area contributed by atoms with Gasteiger partial charge >= 0.3 is 0 Å². The van der Waals surface area contributed by atoms with Crippen LogP contribution in [0.25, 0.3) is 12.2 Å². The molecule has 0 aromatic heterocycles. The minimum absolute atomic E-state index is 0.609. The highest BCUT2D eigenvalue weighted by atomic mass is 35.5. The van der Waals surface area contributed by atoms with Crippen molar-refractivity contribution in [1.82, 2.24) is 0 Å². The normalized spacial score (nSPS) is 12.3. The second kappa shape index (κ2) is 6.94. The van der Waals surface area contributed by atoms with E-state index >= 15 is 0 Å². The Morgan fingerprint density at radius 3 is 1.33 bits per heavy atom. The average Bonchev–Trinajstić information content (AvgIpc) is 2.46. The van der Waals surface area contributed by atoms with Crippen molar-refractivity contribution in [2.24, 2.45) is 0 Å². The van der Waals surface area contributed by atoms with E-state index in [9.17, 15) is 8.42 Å². The Morgan fingerprint density at radius 1 is 0.667 bits per heavy atom. The van der Waals surface area contributed by atoms with E-state index in [4.69, 9.17) is 23.2 Å². The van der Waals surface area contributed by atoms with E-state index in [2.05, 4.69) is 0 Å². The molecule has 0 heterocycles. The molecule has 2 aromatic rings. The van der Waals surface area contributed by atoms with E-state index in [-0.39, 0.29) is 0 Å². The number of rotatable bonds is 4. The molecule has 0 unspecified atom stereocenters. The smallest absolute Gasteiger partial charge is 0.193 e. The summed E-state index contributed by atoms with van der Waals surface area (Å²) in [7, 11) is -3.43. The molecule has 0 fully saturated rings. The predicted octanol–water partition coefficient (Wildman–Crippen LogP) is 5.05. The first-order valence-corrected chi connectivity index (χ1v) is 8.43. The molecular weight excluding hydrogens is 327 g/mol. The number of hydrogen-bond acceptors (Lipinski definition) is 2. The SMILES string of the molecule is O=S(=O)(/C=C/c1ccc(Cl)cc1)/C=C/c1ccc(Cl)cc1. The summed E-state index contributed by atoms with van der Waals surface area (Å²) in [6.07, 6.45) is 3.05. The van der Waals surface area contributed by atoms with E-state index in [1.165, 1.54) is 12.2 Å². The first-order valence-electron chi connectivity index (χ1n) is 6.07. The molecule has 0 spiro atoms. The Bertz CT molecular complexity index is 697. The van der Waals surface area contributed by atoms with Crippen LogP contribution in [0.4, 0.5) is 0 Å². The van der Waals surface area contributed by atoms with Gasteiger partial charge in [-0.1, -0.05) is 47.5 Å². The summed E-state index contributed by atoms with van der Waals surface area (Å²) in [4.78, 5) is 0. The predicted molar refractivity (Wildman–Crippen MR) is 89.9 cm³/mol. The van der Waals surface area contributed by atoms with Crippen LogP contribution in [0, 0.1) is 0 Å². The standard InChI is InChI=1S/C16H12Cl2O2S/c17-15-5-1-13(2-6-15)9-11-21(19,20)12-10-14-3-7-16(18)8-4-14/h1-12H/b11-9+,12-10+. The molecule has 0 saturated carbocycles. The maximum Gasteiger partial charge on any atom is 0.193 e. The third kappa shape index (κ3) is 5.38. The lowest BCUT2D eigenvalue weighted by Crippen LogP contribution is -1.87. The van der Waals surface area contributed by atoms with E-state index in [1.807, 2.05) is 0 Å². The van der Waals surface area contributed by atoms with Crippen molar-refractivity contribution in [3.8, 4) is 0 Å². The Kier molecular flexibility index (Phi) is 5.23. The molecule has 5 heteroatoms. The highest BCUT2D eigenvalue weighted by Crippen LogP contribution is 2.13. The molecule has 0 saturated heterocycles. The molecule has 2 aromatic carbocycles. The van der Waals surface area contributed by atoms with Crippen LogP contribution in [0.1, 0.15) is 11.1 Å². The highest BCUT2D eigenvalue weighted by molar-refractivity contribution is 7.97. The first-order chi connectivity index (χ1) is 9.94. The van der Waals surface area contributed by atoms with Crippen molar-refractivity contribution in [2.45, 2.75) is 0 Å². The fourth-order valence-corrected chi connectivity index (χ4v) is 2.58. The molecular formula is C16H12Cl2O2S. The van der Waals surface area contributed by atoms with Crippen molar-refractivity contribution < 1.29 is 8.42 Å². The summed E-state index contributed by atoms with van der Waals surface area (Å²) >= 11 is 11.5. The molecule has 0 aliphatic carbocycles. The van der Waals surface area contributed by atoms with Crippen LogP contribution in [-0.4, -0.2) is 8.42 Å². The average molecular weight is 339 g/mol. The Labute approximate surface area is 134 Å². The van der Waals surface area contributed by atoms with Gasteiger partial charge in [-0.3, -0.25) is 0 Å². The lowest BCUT2D eigenvalue weighted by atomic mass is 10.2. The molecule has 0 radical (unpaired) electrons. The van der Waals surface area contributed by atoms with Crippen LogP contribution in [0.2, 0.25) is 10.0 Å². The van der Waals surface area contributed by atoms with Gasteiger partial charge in [0.25, 0.3) is 0 Å². The molecule has 0 amide bonds. The lowest BCUT2D eigenvalue weighted by molar-refractivity contribution is 0.613. The summed E-state index contributed by atoms with van der Waals surface area (Å²) in [5, 5.41) is 3.53. The fraction of sp³-hybridized carbons (Fsp3) is 0. The van der Waals surface area contributed by atoms with Crippen LogP contribution >= 0.6 is 23.2 Å². The van der Waals surface area contributed by atoms with Crippen molar-refractivity contribution >= 4 is 45.2 Å². The Balaban J connectivity index is 2.11. The summed E-state index contributed by atoms with van der Waals surface area (Å²) < 4.78 is 23.8. The van der Waals surface area contributed by atoms with Crippen LogP contribution in [-0.2, 0) is 9.84 Å². The fourth-order valence-electron chi connectivity index (χ4n) is 1.54. The van der Waals surface area contributed by atoms with Gasteiger partial charge in [0.1, 0.15) is 0 Å². The van der Waals surface area contributed by atoms with Crippen molar-refractivity contribution in [2.75, 3.05) is 0 Å². The molecule has 2 nitrogen and oxygen atoms in total. The topological polar surface area (TPSA) is 34.1 Å². The molecule has 0 atom stereocenters. The largest absolute Gasteiger partial charge is 0.220 e. The minimum Gasteiger partial charge on any atom is -0.220 e. The second-order valence-corrected chi connectivity index (χ2v) is 6.89. The van der Waals surface area contributed by atoms with E-state index in [1.54, 1.807) is 48.5 Å². The quantitative estimate of drug-likeness (QED) is 0.781. The van der Waals surface area contributed by atoms with Gasteiger partial charge in [-0.25, -0.2) is 8.42 Å². The summed E-state index contributed by atoms with van der Waals surface area (Å²) in [6.45, 7) is 0. The molecule has 0 bridgehead atoms. The first kappa shape index (κ1) is 15.8. The van der Waals surface area contributed by atoms with Crippen LogP contribution in [0.3, 0.4) is 0 Å². The van der Waals surface area contributed by atoms with Crippen molar-refractivity contribution in [3.63, 3.8) is 0 Å². The maximum atomic E-state index is 11.9. The summed E-state index contributed by atoms with van der Waals surface area (Å²) in [6, 6.07) is 13.8. The molecule has 0 N–H and O–H groups in total. The van der Waals surface area contributed by atoms with Gasteiger partial charge in [-0.15, -0.1) is 0 Å². The minimum atomic E-state index is -3.43. The van der Waals surface area contributed by atoms with Crippen molar-refractivity contribution in [1.29, 1.82) is 0 Å². The number of benzene rings is 2. The maximum absolute atomic E-state index is 11.9. The van der Waals surface area contributed by atoms with Crippen LogP contribution in [0.5, 0.6) is 0 Å². The van der Waals surface area contributed by atoms with Crippen molar-refractivity contribution in [3.05, 3.63) is 80.5 Å². The molecule has 108 valence electrons. The van der Waals surface area contributed by atoms with E-state index < -0.39 is 9.84 Å². The third-order valence-electron chi connectivity index (χ3n) is 2.64. The lowest BCUT2D eigenvalue weighted by Gasteiger charge is -1.95.